The van der Waals surface area contributed by atoms with Gasteiger partial charge in [-0.15, -0.1) is 0 Å². The fourth-order valence-corrected chi connectivity index (χ4v) is 3.89. The Morgan fingerprint density at radius 2 is 1.91 bits per heavy atom. The normalized spacial score (nSPS) is 13.7. The molecule has 0 aliphatic carbocycles. The molecule has 1 saturated heterocycles. The van der Waals surface area contributed by atoms with E-state index in [1.807, 2.05) is 55.4 Å². The number of carbonyl (C=O) groups is 1. The number of benzene rings is 2. The first-order chi connectivity index (χ1) is 15.5. The third-order valence-electron chi connectivity index (χ3n) is 5.89. The standard InChI is InChI=1S/C24H25FN6O/c1-17-18(2)31(16-27-17)15-19-5-3-6-20(13-19)28-24(32)30-11-9-29(10-12-30)23-8-4-7-22(25)21(23)14-26/h3-8,13,16H,9-12,15H2,1-2H3,(H,28,32). The summed E-state index contributed by atoms with van der Waals surface area (Å²) in [4.78, 5) is 20.8. The largest absolute Gasteiger partial charge is 0.367 e. The number of carbonyl (C=O) groups excluding carboxylic acids is 1. The number of hydrogen-bond donors (Lipinski definition) is 1. The molecule has 1 aliphatic rings. The van der Waals surface area contributed by atoms with Gasteiger partial charge in [0, 0.05) is 44.1 Å². The number of nitrogens with zero attached hydrogens (tertiary/aromatic N) is 5. The molecule has 7 nitrogen and oxygen atoms in total. The van der Waals surface area contributed by atoms with Crippen LogP contribution in [0.1, 0.15) is 22.5 Å². The Morgan fingerprint density at radius 3 is 2.59 bits per heavy atom. The zero-order valence-corrected chi connectivity index (χ0v) is 18.2. The highest BCUT2D eigenvalue weighted by Gasteiger charge is 2.23. The van der Waals surface area contributed by atoms with E-state index in [4.69, 9.17) is 0 Å². The SMILES string of the molecule is Cc1ncn(Cc2cccc(NC(=O)N3CCN(c4cccc(F)c4C#N)CC3)c2)c1C. The Bertz CT molecular complexity index is 1170. The van der Waals surface area contributed by atoms with E-state index < -0.39 is 5.82 Å². The lowest BCUT2D eigenvalue weighted by molar-refractivity contribution is 0.208. The van der Waals surface area contributed by atoms with Gasteiger partial charge in [0.05, 0.1) is 17.7 Å². The Hall–Kier alpha value is -3.86. The number of aromatic nitrogens is 2. The molecule has 0 atom stereocenters. The van der Waals surface area contributed by atoms with Gasteiger partial charge in [0.1, 0.15) is 17.4 Å². The van der Waals surface area contributed by atoms with Gasteiger partial charge in [0.2, 0.25) is 0 Å². The van der Waals surface area contributed by atoms with E-state index in [1.54, 1.807) is 17.0 Å². The number of amides is 2. The third kappa shape index (κ3) is 4.42. The number of piperazine rings is 1. The molecule has 4 rings (SSSR count). The van der Waals surface area contributed by atoms with Crippen molar-refractivity contribution in [1.82, 2.24) is 14.5 Å². The van der Waals surface area contributed by atoms with Gasteiger partial charge in [-0.25, -0.2) is 14.2 Å². The zero-order valence-electron chi connectivity index (χ0n) is 18.2. The first-order valence-corrected chi connectivity index (χ1v) is 10.5. The number of halogens is 1. The topological polar surface area (TPSA) is 77.2 Å². The Morgan fingerprint density at radius 1 is 1.16 bits per heavy atom. The summed E-state index contributed by atoms with van der Waals surface area (Å²) in [6, 6.07) is 14.2. The first kappa shape index (κ1) is 21.4. The summed E-state index contributed by atoms with van der Waals surface area (Å²) in [6.45, 7) is 6.75. The van der Waals surface area contributed by atoms with Gasteiger partial charge < -0.3 is 19.7 Å². The fourth-order valence-electron chi connectivity index (χ4n) is 3.89. The number of urea groups is 1. The maximum atomic E-state index is 13.9. The smallest absolute Gasteiger partial charge is 0.321 e. The van der Waals surface area contributed by atoms with E-state index in [-0.39, 0.29) is 11.6 Å². The van der Waals surface area contributed by atoms with Gasteiger partial charge in [-0.1, -0.05) is 18.2 Å². The number of aryl methyl sites for hydroxylation is 1. The number of hydrogen-bond acceptors (Lipinski definition) is 4. The molecule has 32 heavy (non-hydrogen) atoms. The quantitative estimate of drug-likeness (QED) is 0.678. The molecule has 0 spiro atoms. The molecular weight excluding hydrogens is 407 g/mol. The van der Waals surface area contributed by atoms with E-state index in [1.165, 1.54) is 6.07 Å². The second kappa shape index (κ2) is 9.10. The predicted octanol–water partition coefficient (Wildman–Crippen LogP) is 3.91. The molecule has 0 saturated carbocycles. The summed E-state index contributed by atoms with van der Waals surface area (Å²) in [7, 11) is 0. The lowest BCUT2D eigenvalue weighted by Gasteiger charge is -2.36. The van der Waals surface area contributed by atoms with E-state index >= 15 is 0 Å². The fraction of sp³-hybridized carbons (Fsp3) is 0.292. The number of nitrogens with one attached hydrogen (secondary N) is 1. The van der Waals surface area contributed by atoms with Crippen LogP contribution in [0.25, 0.3) is 0 Å². The highest BCUT2D eigenvalue weighted by molar-refractivity contribution is 5.89. The molecule has 2 aromatic carbocycles. The number of nitriles is 1. The van der Waals surface area contributed by atoms with Crippen molar-refractivity contribution in [3.63, 3.8) is 0 Å². The van der Waals surface area contributed by atoms with Crippen LogP contribution in [0.15, 0.2) is 48.8 Å². The van der Waals surface area contributed by atoms with Crippen molar-refractivity contribution >= 4 is 17.4 Å². The molecule has 0 unspecified atom stereocenters. The van der Waals surface area contributed by atoms with Crippen molar-refractivity contribution in [2.24, 2.45) is 0 Å². The van der Waals surface area contributed by atoms with E-state index in [0.29, 0.717) is 38.4 Å². The molecule has 1 N–H and O–H groups in total. The van der Waals surface area contributed by atoms with Gasteiger partial charge in [0.15, 0.2) is 0 Å². The molecule has 3 aromatic rings. The minimum Gasteiger partial charge on any atom is -0.367 e. The van der Waals surface area contributed by atoms with Gasteiger partial charge in [-0.05, 0) is 43.7 Å². The van der Waals surface area contributed by atoms with Crippen LogP contribution < -0.4 is 10.2 Å². The zero-order chi connectivity index (χ0) is 22.7. The monoisotopic (exact) mass is 432 g/mol. The van der Waals surface area contributed by atoms with Crippen molar-refractivity contribution in [2.75, 3.05) is 36.4 Å². The van der Waals surface area contributed by atoms with Crippen LogP contribution in [0.2, 0.25) is 0 Å². The summed E-state index contributed by atoms with van der Waals surface area (Å²) in [5.74, 6) is -0.522. The summed E-state index contributed by atoms with van der Waals surface area (Å²) >= 11 is 0. The molecule has 0 bridgehead atoms. The molecule has 8 heteroatoms. The number of anilines is 2. The van der Waals surface area contributed by atoms with Gasteiger partial charge in [-0.3, -0.25) is 0 Å². The Labute approximate surface area is 186 Å². The lowest BCUT2D eigenvalue weighted by Crippen LogP contribution is -2.50. The van der Waals surface area contributed by atoms with E-state index in [2.05, 4.69) is 14.9 Å². The summed E-state index contributed by atoms with van der Waals surface area (Å²) in [5, 5.41) is 12.2. The van der Waals surface area contributed by atoms with Crippen molar-refractivity contribution < 1.29 is 9.18 Å². The number of rotatable bonds is 4. The minimum absolute atomic E-state index is 0.0468. The molecular formula is C24H25FN6O. The highest BCUT2D eigenvalue weighted by atomic mass is 19.1. The maximum absolute atomic E-state index is 13.9. The van der Waals surface area contributed by atoms with Crippen LogP contribution in [0.4, 0.5) is 20.6 Å². The highest BCUT2D eigenvalue weighted by Crippen LogP contribution is 2.24. The van der Waals surface area contributed by atoms with Crippen LogP contribution in [0, 0.1) is 31.0 Å². The van der Waals surface area contributed by atoms with Gasteiger partial charge in [-0.2, -0.15) is 5.26 Å². The molecule has 164 valence electrons. The van der Waals surface area contributed by atoms with Crippen LogP contribution in [0.3, 0.4) is 0 Å². The second-order valence-corrected chi connectivity index (χ2v) is 7.89. The third-order valence-corrected chi connectivity index (χ3v) is 5.89. The molecule has 1 aromatic heterocycles. The Balaban J connectivity index is 1.37. The van der Waals surface area contributed by atoms with Crippen LogP contribution in [-0.2, 0) is 6.54 Å². The van der Waals surface area contributed by atoms with Crippen molar-refractivity contribution in [3.05, 3.63) is 77.1 Å². The van der Waals surface area contributed by atoms with Crippen molar-refractivity contribution in [1.29, 1.82) is 5.26 Å². The summed E-state index contributed by atoms with van der Waals surface area (Å²) < 4.78 is 16.0. The van der Waals surface area contributed by atoms with Crippen LogP contribution >= 0.6 is 0 Å². The minimum atomic E-state index is -0.522. The first-order valence-electron chi connectivity index (χ1n) is 10.5. The molecule has 2 heterocycles. The lowest BCUT2D eigenvalue weighted by atomic mass is 10.1. The molecule has 1 fully saturated rings. The van der Waals surface area contributed by atoms with E-state index in [9.17, 15) is 14.4 Å². The Kier molecular flexibility index (Phi) is 6.08. The molecule has 0 radical (unpaired) electrons. The van der Waals surface area contributed by atoms with Crippen molar-refractivity contribution in [3.8, 4) is 6.07 Å². The maximum Gasteiger partial charge on any atom is 0.321 e. The van der Waals surface area contributed by atoms with Crippen LogP contribution in [-0.4, -0.2) is 46.7 Å². The van der Waals surface area contributed by atoms with Crippen LogP contribution in [0.5, 0.6) is 0 Å². The average molecular weight is 433 g/mol. The average Bonchev–Trinajstić information content (AvgIpc) is 3.11. The summed E-state index contributed by atoms with van der Waals surface area (Å²) in [5.41, 5.74) is 4.56. The van der Waals surface area contributed by atoms with Gasteiger partial charge in [0.25, 0.3) is 0 Å². The summed E-state index contributed by atoms with van der Waals surface area (Å²) in [6.07, 6.45) is 1.83. The van der Waals surface area contributed by atoms with Gasteiger partial charge >= 0.3 is 6.03 Å². The second-order valence-electron chi connectivity index (χ2n) is 7.89. The number of imidazole rings is 1. The molecule has 1 aliphatic heterocycles. The van der Waals surface area contributed by atoms with E-state index in [0.717, 1.165) is 22.6 Å². The predicted molar refractivity (Wildman–Crippen MR) is 121 cm³/mol. The molecule has 2 amide bonds. The van der Waals surface area contributed by atoms with Crippen molar-refractivity contribution in [2.45, 2.75) is 20.4 Å².